The van der Waals surface area contributed by atoms with Gasteiger partial charge in [0.25, 0.3) is 5.91 Å². The minimum Gasteiger partial charge on any atom is -0.496 e. The van der Waals surface area contributed by atoms with Gasteiger partial charge in [0.2, 0.25) is 0 Å². The first-order chi connectivity index (χ1) is 19.1. The van der Waals surface area contributed by atoms with Crippen molar-refractivity contribution in [3.8, 4) is 34.3 Å². The van der Waals surface area contributed by atoms with Crippen molar-refractivity contribution in [1.82, 2.24) is 14.9 Å². The maximum Gasteiger partial charge on any atom is 0.272 e. The molecule has 9 heteroatoms. The number of fused-ring (bicyclic) bond motifs is 1. The molecule has 2 fully saturated rings. The first kappa shape index (κ1) is 24.9. The molecule has 0 bridgehead atoms. The molecule has 39 heavy (non-hydrogen) atoms. The fourth-order valence-electron chi connectivity index (χ4n) is 5.47. The summed E-state index contributed by atoms with van der Waals surface area (Å²) < 4.78 is 25.7. The molecule has 0 spiro atoms. The van der Waals surface area contributed by atoms with E-state index in [0.717, 1.165) is 49.2 Å². The molecule has 5 heterocycles. The zero-order valence-corrected chi connectivity index (χ0v) is 21.7. The van der Waals surface area contributed by atoms with Gasteiger partial charge in [-0.3, -0.25) is 14.8 Å². The van der Waals surface area contributed by atoms with Crippen molar-refractivity contribution < 1.29 is 18.3 Å². The number of hydrogen-bond acceptors (Lipinski definition) is 7. The molecule has 0 radical (unpaired) electrons. The van der Waals surface area contributed by atoms with Crippen LogP contribution in [0, 0.1) is 11.3 Å². The Kier molecular flexibility index (Phi) is 6.61. The normalized spacial score (nSPS) is 17.4. The van der Waals surface area contributed by atoms with Crippen molar-refractivity contribution in [3.63, 3.8) is 0 Å². The summed E-state index contributed by atoms with van der Waals surface area (Å²) in [6.45, 7) is 2.37. The summed E-state index contributed by atoms with van der Waals surface area (Å²) in [5.41, 5.74) is 4.95. The molecule has 3 aromatic heterocycles. The summed E-state index contributed by atoms with van der Waals surface area (Å²) in [5.74, 6) is 0.897. The quantitative estimate of drug-likeness (QED) is 0.334. The summed E-state index contributed by atoms with van der Waals surface area (Å²) >= 11 is 0. The number of amides is 1. The number of hydrogen-bond donors (Lipinski definition) is 0. The molecular formula is C30H28FN5O3. The van der Waals surface area contributed by atoms with Gasteiger partial charge in [0.15, 0.2) is 5.58 Å². The lowest BCUT2D eigenvalue weighted by Gasteiger charge is -2.26. The van der Waals surface area contributed by atoms with Crippen LogP contribution in [0.5, 0.6) is 5.75 Å². The van der Waals surface area contributed by atoms with Gasteiger partial charge in [-0.1, -0.05) is 6.07 Å². The fourth-order valence-corrected chi connectivity index (χ4v) is 5.47. The number of piperidine rings is 1. The van der Waals surface area contributed by atoms with Gasteiger partial charge in [-0.05, 0) is 49.4 Å². The van der Waals surface area contributed by atoms with E-state index in [1.165, 1.54) is 0 Å². The second-order valence-corrected chi connectivity index (χ2v) is 9.98. The molecule has 4 aromatic rings. The Labute approximate surface area is 225 Å². The van der Waals surface area contributed by atoms with Gasteiger partial charge in [-0.25, -0.2) is 4.39 Å². The number of rotatable bonds is 5. The van der Waals surface area contributed by atoms with Gasteiger partial charge in [0.05, 0.1) is 23.9 Å². The average Bonchev–Trinajstić information content (AvgIpc) is 3.62. The van der Waals surface area contributed by atoms with Gasteiger partial charge >= 0.3 is 0 Å². The van der Waals surface area contributed by atoms with Gasteiger partial charge in [0.1, 0.15) is 35.0 Å². The van der Waals surface area contributed by atoms with Crippen LogP contribution in [0.1, 0.15) is 41.7 Å². The van der Waals surface area contributed by atoms with Gasteiger partial charge in [0, 0.05) is 56.3 Å². The van der Waals surface area contributed by atoms with E-state index < -0.39 is 6.17 Å². The highest BCUT2D eigenvalue weighted by molar-refractivity contribution is 5.95. The Morgan fingerprint density at radius 2 is 1.95 bits per heavy atom. The summed E-state index contributed by atoms with van der Waals surface area (Å²) in [7, 11) is 1.55. The number of anilines is 1. The number of ether oxygens (including phenoxy) is 1. The summed E-state index contributed by atoms with van der Waals surface area (Å²) in [4.78, 5) is 25.6. The van der Waals surface area contributed by atoms with E-state index in [0.29, 0.717) is 58.9 Å². The van der Waals surface area contributed by atoms with Crippen molar-refractivity contribution >= 4 is 22.7 Å². The van der Waals surface area contributed by atoms with Crippen molar-refractivity contribution in [3.05, 3.63) is 60.0 Å². The number of benzene rings is 1. The van der Waals surface area contributed by atoms with Crippen LogP contribution in [0.2, 0.25) is 0 Å². The molecule has 198 valence electrons. The maximum atomic E-state index is 13.8. The summed E-state index contributed by atoms with van der Waals surface area (Å²) in [5, 5.41) is 9.83. The van der Waals surface area contributed by atoms with E-state index in [2.05, 4.69) is 16.0 Å². The molecule has 0 saturated carbocycles. The van der Waals surface area contributed by atoms with Crippen molar-refractivity contribution in [1.29, 1.82) is 5.26 Å². The average molecular weight is 526 g/mol. The van der Waals surface area contributed by atoms with E-state index in [9.17, 15) is 14.4 Å². The molecule has 2 saturated heterocycles. The topological polar surface area (TPSA) is 95.5 Å². The molecule has 0 N–H and O–H groups in total. The number of furan rings is 1. The number of pyridine rings is 2. The molecule has 2 aliphatic rings. The first-order valence-electron chi connectivity index (χ1n) is 13.2. The Bertz CT molecular complexity index is 1590. The summed E-state index contributed by atoms with van der Waals surface area (Å²) in [6, 6.07) is 13.2. The second-order valence-electron chi connectivity index (χ2n) is 9.98. The van der Waals surface area contributed by atoms with Crippen molar-refractivity contribution in [2.24, 2.45) is 0 Å². The van der Waals surface area contributed by atoms with Crippen LogP contribution in [0.25, 0.3) is 33.6 Å². The van der Waals surface area contributed by atoms with Crippen LogP contribution < -0.4 is 9.64 Å². The first-order valence-corrected chi connectivity index (χ1v) is 13.2. The standard InChI is InChI=1S/C30H28FN5O3/c1-38-27-15-25(30(37)35-10-3-2-4-11-35)34-17-23(27)28-14-24-29(39-28)22(7-9-33-24)19-5-6-26(20(13-19)16-32)36-12-8-21(31)18-36/h5-7,9,13-15,17,21H,2-4,8,10-12,18H2,1H3/t21-/m1/s1. The number of halogens is 1. The number of carbonyl (C=O) groups is 1. The third kappa shape index (κ3) is 4.67. The van der Waals surface area contributed by atoms with E-state index in [1.807, 2.05) is 34.1 Å². The third-order valence-corrected chi connectivity index (χ3v) is 7.53. The molecule has 0 unspecified atom stereocenters. The van der Waals surface area contributed by atoms with Crippen LogP contribution in [-0.4, -0.2) is 60.2 Å². The zero-order chi connectivity index (χ0) is 26.9. The van der Waals surface area contributed by atoms with Crippen molar-refractivity contribution in [2.45, 2.75) is 31.9 Å². The lowest BCUT2D eigenvalue weighted by molar-refractivity contribution is 0.0718. The van der Waals surface area contributed by atoms with Gasteiger partial charge < -0.3 is 19.0 Å². The lowest BCUT2D eigenvalue weighted by Crippen LogP contribution is -2.36. The molecule has 0 aliphatic carbocycles. The molecule has 1 atom stereocenters. The molecule has 1 amide bonds. The minimum absolute atomic E-state index is 0.0965. The second kappa shape index (κ2) is 10.4. The van der Waals surface area contributed by atoms with Crippen LogP contribution in [-0.2, 0) is 0 Å². The number of methoxy groups -OCH3 is 1. The Hall–Kier alpha value is -4.45. The van der Waals surface area contributed by atoms with Crippen LogP contribution in [0.3, 0.4) is 0 Å². The maximum absolute atomic E-state index is 13.8. The third-order valence-electron chi connectivity index (χ3n) is 7.53. The number of likely N-dealkylation sites (tertiary alicyclic amines) is 1. The lowest BCUT2D eigenvalue weighted by atomic mass is 10.0. The summed E-state index contributed by atoms with van der Waals surface area (Å²) in [6.07, 6.45) is 6.04. The SMILES string of the molecule is COc1cc(C(=O)N2CCCCC2)ncc1-c1cc2nccc(-c3ccc(N4CC[C@@H](F)C4)c(C#N)c3)c2o1. The largest absolute Gasteiger partial charge is 0.496 e. The molecule has 1 aromatic carbocycles. The van der Waals surface area contributed by atoms with Gasteiger partial charge in [-0.2, -0.15) is 5.26 Å². The predicted molar refractivity (Wildman–Crippen MR) is 145 cm³/mol. The molecule has 2 aliphatic heterocycles. The number of alkyl halides is 1. The molecule has 6 rings (SSSR count). The fraction of sp³-hybridized carbons (Fsp3) is 0.333. The monoisotopic (exact) mass is 525 g/mol. The number of aromatic nitrogens is 2. The highest BCUT2D eigenvalue weighted by Crippen LogP contribution is 2.38. The Balaban J connectivity index is 1.35. The number of nitriles is 1. The smallest absolute Gasteiger partial charge is 0.272 e. The van der Waals surface area contributed by atoms with E-state index in [4.69, 9.17) is 9.15 Å². The highest BCUT2D eigenvalue weighted by Gasteiger charge is 2.25. The number of nitrogens with zero attached hydrogens (tertiary/aromatic N) is 5. The van der Waals surface area contributed by atoms with Crippen molar-refractivity contribution in [2.75, 3.05) is 38.2 Å². The molecule has 8 nitrogen and oxygen atoms in total. The van der Waals surface area contributed by atoms with Crippen LogP contribution in [0.4, 0.5) is 10.1 Å². The van der Waals surface area contributed by atoms with E-state index in [1.54, 1.807) is 31.6 Å². The van der Waals surface area contributed by atoms with E-state index >= 15 is 0 Å². The Morgan fingerprint density at radius 3 is 2.69 bits per heavy atom. The predicted octanol–water partition coefficient (Wildman–Crippen LogP) is 5.61. The highest BCUT2D eigenvalue weighted by atomic mass is 19.1. The van der Waals surface area contributed by atoms with Gasteiger partial charge in [-0.15, -0.1) is 0 Å². The Morgan fingerprint density at radius 1 is 1.10 bits per heavy atom. The minimum atomic E-state index is -0.874. The number of carbonyl (C=O) groups excluding carboxylic acids is 1. The van der Waals surface area contributed by atoms with Crippen LogP contribution >= 0.6 is 0 Å². The van der Waals surface area contributed by atoms with Crippen LogP contribution in [0.15, 0.2) is 53.2 Å². The zero-order valence-electron chi connectivity index (χ0n) is 21.7. The van der Waals surface area contributed by atoms with E-state index in [-0.39, 0.29) is 5.91 Å². The molecular weight excluding hydrogens is 497 g/mol.